The molecule has 1 fully saturated rings. The quantitative estimate of drug-likeness (QED) is 0.590. The maximum absolute atomic E-state index is 13.2. The Morgan fingerprint density at radius 2 is 1.60 bits per heavy atom. The van der Waals surface area contributed by atoms with Crippen LogP contribution in [0.5, 0.6) is 0 Å². The van der Waals surface area contributed by atoms with E-state index in [0.29, 0.717) is 0 Å². The normalized spacial score (nSPS) is 13.8. The van der Waals surface area contributed by atoms with E-state index in [1.54, 1.807) is 12.1 Å². The van der Waals surface area contributed by atoms with Crippen LogP contribution in [0.2, 0.25) is 0 Å². The van der Waals surface area contributed by atoms with Gasteiger partial charge in [-0.3, -0.25) is 4.79 Å². The van der Waals surface area contributed by atoms with Crippen molar-refractivity contribution in [2.75, 3.05) is 13.2 Å². The number of amides is 2. The molecule has 3 aromatic carbocycles. The fraction of sp³-hybridized carbons (Fsp3) is 0.200. The molecule has 0 N–H and O–H groups in total. The third kappa shape index (κ3) is 5.77. The van der Waals surface area contributed by atoms with Crippen LogP contribution < -0.4 is 0 Å². The summed E-state index contributed by atoms with van der Waals surface area (Å²) in [6.45, 7) is 2.49. The van der Waals surface area contributed by atoms with Crippen molar-refractivity contribution in [2.24, 2.45) is 0 Å². The average molecular weight is 405 g/mol. The number of nitrogens with zero attached hydrogens (tertiary/aromatic N) is 1. The number of aryl methyl sites for hydroxylation is 1. The SMILES string of the molecule is Cc1cccc(C(CC(=O)N2CCOC2=O)c2ccc(F)cc2)c1.c1ccccc1. The van der Waals surface area contributed by atoms with Crippen LogP contribution in [0.1, 0.15) is 29.0 Å². The summed E-state index contributed by atoms with van der Waals surface area (Å²) in [5, 5.41) is 0. The van der Waals surface area contributed by atoms with Crippen LogP contribution in [0.25, 0.3) is 0 Å². The Balaban J connectivity index is 0.000000367. The summed E-state index contributed by atoms with van der Waals surface area (Å²) in [4.78, 5) is 25.2. The second-order valence-electron chi connectivity index (χ2n) is 7.04. The smallest absolute Gasteiger partial charge is 0.416 e. The van der Waals surface area contributed by atoms with Gasteiger partial charge in [-0.15, -0.1) is 0 Å². The Labute approximate surface area is 175 Å². The molecule has 4 nitrogen and oxygen atoms in total. The Kier molecular flexibility index (Phi) is 7.33. The average Bonchev–Trinajstić information content (AvgIpc) is 3.20. The second-order valence-corrected chi connectivity index (χ2v) is 7.04. The molecule has 30 heavy (non-hydrogen) atoms. The molecule has 1 atom stereocenters. The minimum absolute atomic E-state index is 0.129. The molecular formula is C25H24FNO3. The third-order valence-electron chi connectivity index (χ3n) is 4.82. The molecule has 1 unspecified atom stereocenters. The molecule has 0 radical (unpaired) electrons. The molecule has 1 aliphatic heterocycles. The molecule has 3 aromatic rings. The van der Waals surface area contributed by atoms with E-state index < -0.39 is 6.09 Å². The van der Waals surface area contributed by atoms with Gasteiger partial charge in [-0.25, -0.2) is 14.1 Å². The number of benzene rings is 3. The number of rotatable bonds is 4. The highest BCUT2D eigenvalue weighted by molar-refractivity contribution is 5.93. The molecule has 0 bridgehead atoms. The molecule has 1 saturated heterocycles. The van der Waals surface area contributed by atoms with E-state index in [-0.39, 0.29) is 37.2 Å². The molecule has 1 aliphatic rings. The lowest BCUT2D eigenvalue weighted by Gasteiger charge is -2.20. The van der Waals surface area contributed by atoms with Gasteiger partial charge in [0.2, 0.25) is 5.91 Å². The summed E-state index contributed by atoms with van der Waals surface area (Å²) in [6.07, 6.45) is -0.466. The number of imide groups is 1. The van der Waals surface area contributed by atoms with Gasteiger partial charge < -0.3 is 4.74 Å². The molecule has 0 saturated carbocycles. The number of cyclic esters (lactones) is 1. The largest absolute Gasteiger partial charge is 0.447 e. The summed E-state index contributed by atoms with van der Waals surface area (Å²) in [7, 11) is 0. The van der Waals surface area contributed by atoms with E-state index in [1.807, 2.05) is 67.6 Å². The van der Waals surface area contributed by atoms with Crippen molar-refractivity contribution in [3.63, 3.8) is 0 Å². The fourth-order valence-electron chi connectivity index (χ4n) is 3.30. The van der Waals surface area contributed by atoms with Gasteiger partial charge in [-0.1, -0.05) is 78.4 Å². The number of carbonyl (C=O) groups is 2. The standard InChI is InChI=1S/C19H18FNO3.C6H6/c1-13-3-2-4-15(11-13)17(14-5-7-16(20)8-6-14)12-18(22)21-9-10-24-19(21)23;1-2-4-6-5-3-1/h2-8,11,17H,9-10,12H2,1H3;1-6H. The minimum atomic E-state index is -0.595. The van der Waals surface area contributed by atoms with Gasteiger partial charge in [0.1, 0.15) is 12.4 Å². The summed E-state index contributed by atoms with van der Waals surface area (Å²) in [6, 6.07) is 26.0. The van der Waals surface area contributed by atoms with Gasteiger partial charge >= 0.3 is 6.09 Å². The fourth-order valence-corrected chi connectivity index (χ4v) is 3.30. The molecular weight excluding hydrogens is 381 g/mol. The predicted molar refractivity (Wildman–Crippen MR) is 114 cm³/mol. The summed E-state index contributed by atoms with van der Waals surface area (Å²) in [5.74, 6) is -0.851. The Hall–Kier alpha value is -3.47. The lowest BCUT2D eigenvalue weighted by Crippen LogP contribution is -2.32. The molecule has 4 rings (SSSR count). The van der Waals surface area contributed by atoms with Gasteiger partial charge in [-0.2, -0.15) is 0 Å². The van der Waals surface area contributed by atoms with Gasteiger partial charge in [0.25, 0.3) is 0 Å². The van der Waals surface area contributed by atoms with E-state index in [4.69, 9.17) is 4.74 Å². The minimum Gasteiger partial charge on any atom is -0.447 e. The highest BCUT2D eigenvalue weighted by Crippen LogP contribution is 2.30. The van der Waals surface area contributed by atoms with Gasteiger partial charge in [0.05, 0.1) is 6.54 Å². The first-order valence-electron chi connectivity index (χ1n) is 9.84. The van der Waals surface area contributed by atoms with E-state index >= 15 is 0 Å². The van der Waals surface area contributed by atoms with E-state index in [2.05, 4.69) is 0 Å². The Morgan fingerprint density at radius 3 is 2.13 bits per heavy atom. The highest BCUT2D eigenvalue weighted by atomic mass is 19.1. The summed E-state index contributed by atoms with van der Waals surface area (Å²) < 4.78 is 18.1. The van der Waals surface area contributed by atoms with Crippen LogP contribution in [-0.4, -0.2) is 30.1 Å². The van der Waals surface area contributed by atoms with Crippen molar-refractivity contribution in [1.82, 2.24) is 4.90 Å². The number of ether oxygens (including phenoxy) is 1. The van der Waals surface area contributed by atoms with Crippen LogP contribution in [0.4, 0.5) is 9.18 Å². The first-order chi connectivity index (χ1) is 14.5. The second kappa shape index (κ2) is 10.3. The van der Waals surface area contributed by atoms with Gasteiger partial charge in [0, 0.05) is 12.3 Å². The molecule has 0 aliphatic carbocycles. The van der Waals surface area contributed by atoms with Crippen LogP contribution in [-0.2, 0) is 9.53 Å². The van der Waals surface area contributed by atoms with Crippen LogP contribution in [0.15, 0.2) is 84.9 Å². The van der Waals surface area contributed by atoms with Crippen molar-refractivity contribution < 1.29 is 18.7 Å². The maximum Gasteiger partial charge on any atom is 0.416 e. The molecule has 5 heteroatoms. The lowest BCUT2D eigenvalue weighted by atomic mass is 9.87. The topological polar surface area (TPSA) is 46.6 Å². The lowest BCUT2D eigenvalue weighted by molar-refractivity contribution is -0.127. The van der Waals surface area contributed by atoms with Crippen LogP contribution in [0.3, 0.4) is 0 Å². The highest BCUT2D eigenvalue weighted by Gasteiger charge is 2.30. The molecule has 1 heterocycles. The first kappa shape index (κ1) is 21.2. The van der Waals surface area contributed by atoms with Gasteiger partial charge in [0.15, 0.2) is 0 Å². The van der Waals surface area contributed by atoms with Crippen molar-refractivity contribution in [1.29, 1.82) is 0 Å². The maximum atomic E-state index is 13.2. The Morgan fingerprint density at radius 1 is 0.967 bits per heavy atom. The van der Waals surface area contributed by atoms with E-state index in [1.165, 1.54) is 12.1 Å². The zero-order valence-corrected chi connectivity index (χ0v) is 16.8. The number of carbonyl (C=O) groups excluding carboxylic acids is 2. The van der Waals surface area contributed by atoms with Crippen molar-refractivity contribution >= 4 is 12.0 Å². The molecule has 0 aromatic heterocycles. The molecule has 2 amide bonds. The van der Waals surface area contributed by atoms with Crippen LogP contribution >= 0.6 is 0 Å². The summed E-state index contributed by atoms with van der Waals surface area (Å²) >= 11 is 0. The van der Waals surface area contributed by atoms with Crippen molar-refractivity contribution in [3.05, 3.63) is 107 Å². The number of halogens is 1. The van der Waals surface area contributed by atoms with Gasteiger partial charge in [-0.05, 0) is 30.2 Å². The van der Waals surface area contributed by atoms with E-state index in [9.17, 15) is 14.0 Å². The number of hydrogen-bond donors (Lipinski definition) is 0. The predicted octanol–water partition coefficient (Wildman–Crippen LogP) is 5.32. The van der Waals surface area contributed by atoms with Crippen molar-refractivity contribution in [3.8, 4) is 0 Å². The molecule has 154 valence electrons. The van der Waals surface area contributed by atoms with Crippen LogP contribution in [0, 0.1) is 12.7 Å². The Bertz CT molecular complexity index is 946. The zero-order valence-electron chi connectivity index (χ0n) is 16.8. The first-order valence-corrected chi connectivity index (χ1v) is 9.84. The van der Waals surface area contributed by atoms with E-state index in [0.717, 1.165) is 21.6 Å². The zero-order chi connectivity index (χ0) is 21.3. The monoisotopic (exact) mass is 405 g/mol. The van der Waals surface area contributed by atoms with Crippen molar-refractivity contribution in [2.45, 2.75) is 19.3 Å². The number of hydrogen-bond acceptors (Lipinski definition) is 3. The molecule has 0 spiro atoms. The summed E-state index contributed by atoms with van der Waals surface area (Å²) in [5.41, 5.74) is 2.87. The third-order valence-corrected chi connectivity index (χ3v) is 4.82.